The van der Waals surface area contributed by atoms with Crippen LogP contribution >= 0.6 is 24.4 Å². The third kappa shape index (κ3) is 4.50. The summed E-state index contributed by atoms with van der Waals surface area (Å²) in [6, 6.07) is 13.2. The number of amides is 2. The van der Waals surface area contributed by atoms with Gasteiger partial charge in [0.2, 0.25) is 0 Å². The van der Waals surface area contributed by atoms with Crippen molar-refractivity contribution in [2.75, 3.05) is 25.1 Å². The molecule has 1 aliphatic rings. The number of nitrogens with zero attached hydrogens (tertiary/aromatic N) is 2. The van der Waals surface area contributed by atoms with Crippen LogP contribution in [0.3, 0.4) is 0 Å². The molecular weight excluding hydrogens is 370 g/mol. The minimum absolute atomic E-state index is 0.359. The van der Waals surface area contributed by atoms with Crippen molar-refractivity contribution in [1.29, 1.82) is 0 Å². The minimum atomic E-state index is -1.05. The molecule has 1 atom stereocenters. The van der Waals surface area contributed by atoms with Crippen LogP contribution in [-0.4, -0.2) is 40.4 Å². The summed E-state index contributed by atoms with van der Waals surface area (Å²) < 4.78 is 4.71. The highest BCUT2D eigenvalue weighted by Gasteiger charge is 2.44. The molecule has 6 nitrogen and oxygen atoms in total. The number of hydrogen-bond acceptors (Lipinski definition) is 7. The molecule has 2 aromatic rings. The number of thioether (sulfide) groups is 1. The number of ether oxygens (including phenoxy) is 1. The van der Waals surface area contributed by atoms with Crippen LogP contribution in [0.4, 0.5) is 10.6 Å². The van der Waals surface area contributed by atoms with Gasteiger partial charge in [-0.3, -0.25) is 14.9 Å². The van der Waals surface area contributed by atoms with Gasteiger partial charge >= 0.3 is 0 Å². The Balaban J connectivity index is 1.50. The van der Waals surface area contributed by atoms with Crippen molar-refractivity contribution in [2.24, 2.45) is 0 Å². The first kappa shape index (κ1) is 18.6. The molecule has 0 saturated carbocycles. The van der Waals surface area contributed by atoms with Crippen molar-refractivity contribution in [3.63, 3.8) is 0 Å². The molecular formula is C18H19N3O3S2. The maximum atomic E-state index is 11.8. The monoisotopic (exact) mass is 389 g/mol. The second-order valence-corrected chi connectivity index (χ2v) is 8.24. The second kappa shape index (κ2) is 8.01. The molecule has 0 aliphatic carbocycles. The normalized spacial score (nSPS) is 19.3. The van der Waals surface area contributed by atoms with Crippen molar-refractivity contribution in [1.82, 2.24) is 10.3 Å². The van der Waals surface area contributed by atoms with Gasteiger partial charge in [0.15, 0.2) is 4.08 Å². The second-order valence-electron chi connectivity index (χ2n) is 5.91. The number of pyridine rings is 1. The first-order valence-electron chi connectivity index (χ1n) is 8.07. The molecule has 1 aromatic carbocycles. The summed E-state index contributed by atoms with van der Waals surface area (Å²) in [7, 11) is 1.96. The predicted octanol–water partition coefficient (Wildman–Crippen LogP) is 2.75. The fraction of sp³-hybridized carbons (Fsp3) is 0.278. The van der Waals surface area contributed by atoms with Crippen LogP contribution in [0.2, 0.25) is 0 Å². The van der Waals surface area contributed by atoms with Crippen LogP contribution in [0, 0.1) is 0 Å². The van der Waals surface area contributed by atoms with Crippen LogP contribution in [-0.2, 0) is 11.2 Å². The Labute approximate surface area is 161 Å². The van der Waals surface area contributed by atoms with E-state index < -0.39 is 4.08 Å². The molecule has 1 aliphatic heterocycles. The SMILES string of the molecule is CN(CCOc1ccc(CC2(S)SC(=O)NC2=O)cc1)c1ccccn1. The van der Waals surface area contributed by atoms with Gasteiger partial charge in [0.25, 0.3) is 11.1 Å². The summed E-state index contributed by atoms with van der Waals surface area (Å²) in [6.07, 6.45) is 2.12. The van der Waals surface area contributed by atoms with Gasteiger partial charge in [0.05, 0.1) is 6.54 Å². The lowest BCUT2D eigenvalue weighted by atomic mass is 10.1. The van der Waals surface area contributed by atoms with E-state index in [2.05, 4.69) is 22.9 Å². The Kier molecular flexibility index (Phi) is 5.73. The van der Waals surface area contributed by atoms with Gasteiger partial charge in [0, 0.05) is 19.7 Å². The van der Waals surface area contributed by atoms with E-state index in [0.717, 1.165) is 28.9 Å². The van der Waals surface area contributed by atoms with Gasteiger partial charge in [-0.25, -0.2) is 4.98 Å². The molecule has 1 saturated heterocycles. The molecule has 8 heteroatoms. The number of likely N-dealkylation sites (N-methyl/N-ethyl adjacent to an activating group) is 1. The molecule has 1 unspecified atom stereocenters. The lowest BCUT2D eigenvalue weighted by molar-refractivity contribution is -0.119. The number of carbonyl (C=O) groups excluding carboxylic acids is 2. The molecule has 0 bridgehead atoms. The zero-order valence-corrected chi connectivity index (χ0v) is 15.9. The Morgan fingerprint density at radius 2 is 2.00 bits per heavy atom. The number of aromatic nitrogens is 1. The Bertz CT molecular complexity index is 786. The third-order valence-electron chi connectivity index (χ3n) is 3.93. The Morgan fingerprint density at radius 3 is 2.62 bits per heavy atom. The number of benzene rings is 1. The van der Waals surface area contributed by atoms with Crippen molar-refractivity contribution in [3.05, 3.63) is 54.2 Å². The van der Waals surface area contributed by atoms with Crippen molar-refractivity contribution >= 4 is 41.4 Å². The molecule has 1 N–H and O–H groups in total. The van der Waals surface area contributed by atoms with Gasteiger partial charge in [-0.15, -0.1) is 0 Å². The number of thiol groups is 1. The molecule has 3 rings (SSSR count). The zero-order chi connectivity index (χ0) is 18.6. The summed E-state index contributed by atoms with van der Waals surface area (Å²) >= 11 is 5.29. The van der Waals surface area contributed by atoms with Crippen molar-refractivity contribution in [2.45, 2.75) is 10.5 Å². The van der Waals surface area contributed by atoms with Crippen LogP contribution in [0.1, 0.15) is 5.56 Å². The summed E-state index contributed by atoms with van der Waals surface area (Å²) in [5.74, 6) is 1.28. The number of hydrogen-bond donors (Lipinski definition) is 2. The van der Waals surface area contributed by atoms with Gasteiger partial charge in [0.1, 0.15) is 18.2 Å². The first-order chi connectivity index (χ1) is 12.5. The topological polar surface area (TPSA) is 71.5 Å². The fourth-order valence-electron chi connectivity index (χ4n) is 2.51. The van der Waals surface area contributed by atoms with Gasteiger partial charge < -0.3 is 9.64 Å². The minimum Gasteiger partial charge on any atom is -0.492 e. The molecule has 2 amide bonds. The zero-order valence-electron chi connectivity index (χ0n) is 14.2. The average Bonchev–Trinajstić information content (AvgIpc) is 2.88. The molecule has 26 heavy (non-hydrogen) atoms. The molecule has 0 radical (unpaired) electrons. The van der Waals surface area contributed by atoms with E-state index in [1.165, 1.54) is 0 Å². The predicted molar refractivity (Wildman–Crippen MR) is 106 cm³/mol. The van der Waals surface area contributed by atoms with Crippen LogP contribution in [0.5, 0.6) is 5.75 Å². The molecule has 136 valence electrons. The van der Waals surface area contributed by atoms with Crippen molar-refractivity contribution < 1.29 is 14.3 Å². The standard InChI is InChI=1S/C18H19N3O3S2/c1-21(15-4-2-3-9-19-15)10-11-24-14-7-5-13(6-8-14)12-18(25)16(22)20-17(23)26-18/h2-9,25H,10-12H2,1H3,(H,20,22,23). The molecule has 2 heterocycles. The van der Waals surface area contributed by atoms with Gasteiger partial charge in [-0.2, -0.15) is 12.6 Å². The van der Waals surface area contributed by atoms with E-state index in [1.54, 1.807) is 6.20 Å². The number of nitrogens with one attached hydrogen (secondary N) is 1. The summed E-state index contributed by atoms with van der Waals surface area (Å²) in [5.41, 5.74) is 0.912. The van der Waals surface area contributed by atoms with E-state index in [4.69, 9.17) is 4.74 Å². The van der Waals surface area contributed by atoms with E-state index in [1.807, 2.05) is 54.4 Å². The van der Waals surface area contributed by atoms with Gasteiger partial charge in [-0.05, 0) is 41.6 Å². The van der Waals surface area contributed by atoms with E-state index in [9.17, 15) is 9.59 Å². The highest BCUT2D eigenvalue weighted by Crippen LogP contribution is 2.38. The number of imide groups is 1. The maximum absolute atomic E-state index is 11.8. The van der Waals surface area contributed by atoms with E-state index in [0.29, 0.717) is 19.6 Å². The average molecular weight is 390 g/mol. The number of carbonyl (C=O) groups is 2. The lowest BCUT2D eigenvalue weighted by Crippen LogP contribution is -2.33. The largest absolute Gasteiger partial charge is 0.492 e. The summed E-state index contributed by atoms with van der Waals surface area (Å²) in [6.45, 7) is 1.23. The fourth-order valence-corrected chi connectivity index (χ4v) is 3.83. The Morgan fingerprint density at radius 1 is 1.23 bits per heavy atom. The first-order valence-corrected chi connectivity index (χ1v) is 9.33. The van der Waals surface area contributed by atoms with Crippen molar-refractivity contribution in [3.8, 4) is 5.75 Å². The summed E-state index contributed by atoms with van der Waals surface area (Å²) in [5, 5.41) is 1.91. The van der Waals surface area contributed by atoms with E-state index >= 15 is 0 Å². The van der Waals surface area contributed by atoms with E-state index in [-0.39, 0.29) is 11.1 Å². The van der Waals surface area contributed by atoms with Crippen LogP contribution in [0.15, 0.2) is 48.7 Å². The lowest BCUT2D eigenvalue weighted by Gasteiger charge is -2.19. The molecule has 1 fully saturated rings. The maximum Gasteiger partial charge on any atom is 0.287 e. The number of rotatable bonds is 7. The number of anilines is 1. The molecule has 0 spiro atoms. The van der Waals surface area contributed by atoms with Crippen LogP contribution < -0.4 is 15.0 Å². The molecule has 1 aromatic heterocycles. The van der Waals surface area contributed by atoms with Gasteiger partial charge in [-0.1, -0.05) is 18.2 Å². The highest BCUT2D eigenvalue weighted by molar-refractivity contribution is 8.23. The third-order valence-corrected chi connectivity index (χ3v) is 5.52. The highest BCUT2D eigenvalue weighted by atomic mass is 32.2. The summed E-state index contributed by atoms with van der Waals surface area (Å²) in [4.78, 5) is 29.5. The van der Waals surface area contributed by atoms with Crippen LogP contribution in [0.25, 0.3) is 0 Å². The quantitative estimate of drug-likeness (QED) is 0.710. The Hall–Kier alpha value is -2.19. The smallest absolute Gasteiger partial charge is 0.287 e.